The van der Waals surface area contributed by atoms with E-state index in [1.54, 1.807) is 48.5 Å². The molecule has 2 aromatic rings. The van der Waals surface area contributed by atoms with Gasteiger partial charge < -0.3 is 30.3 Å². The molecule has 2 aromatic carbocycles. The summed E-state index contributed by atoms with van der Waals surface area (Å²) in [5.74, 6) is -2.19. The number of ether oxygens (including phenoxy) is 2. The van der Waals surface area contributed by atoms with Gasteiger partial charge in [-0.25, -0.2) is 9.59 Å². The van der Waals surface area contributed by atoms with Crippen LogP contribution in [0, 0.1) is 0 Å². The monoisotopic (exact) mass is 682 g/mol. The van der Waals surface area contributed by atoms with E-state index in [1.807, 2.05) is 60.7 Å². The number of hydrogen-bond acceptors (Lipinski definition) is 8. The Balaban J connectivity index is 1.79. The summed E-state index contributed by atoms with van der Waals surface area (Å²) in [6.07, 6.45) is 0.311. The van der Waals surface area contributed by atoms with Gasteiger partial charge in [0.1, 0.15) is 34.9 Å². The van der Waals surface area contributed by atoms with Crippen molar-refractivity contribution in [2.75, 3.05) is 12.3 Å². The number of alkyl carbamates (subject to hydrolysis) is 1. The van der Waals surface area contributed by atoms with Gasteiger partial charge in [-0.2, -0.15) is 12.6 Å². The Morgan fingerprint density at radius 1 is 0.771 bits per heavy atom. The third-order valence-electron chi connectivity index (χ3n) is 7.56. The van der Waals surface area contributed by atoms with Crippen LogP contribution < -0.4 is 16.0 Å². The number of hydrogen-bond donors (Lipinski definition) is 4. The molecule has 262 valence electrons. The zero-order valence-corrected chi connectivity index (χ0v) is 29.9. The lowest BCUT2D eigenvalue weighted by molar-refractivity contribution is -0.159. The fraction of sp³-hybridized carbons (Fsp3) is 0.528. The minimum atomic E-state index is -1.26. The predicted octanol–water partition coefficient (Wildman–Crippen LogP) is 3.99. The minimum absolute atomic E-state index is 0.0291. The van der Waals surface area contributed by atoms with E-state index in [-0.39, 0.29) is 25.1 Å². The first-order valence-corrected chi connectivity index (χ1v) is 16.9. The molecule has 0 unspecified atom stereocenters. The number of nitrogens with one attached hydrogen (secondary N) is 3. The number of carbonyl (C=O) groups is 5. The molecule has 1 aliphatic carbocycles. The van der Waals surface area contributed by atoms with Gasteiger partial charge in [-0.3, -0.25) is 14.4 Å². The minimum Gasteiger partial charge on any atom is -0.458 e. The number of esters is 1. The van der Waals surface area contributed by atoms with Crippen molar-refractivity contribution in [1.82, 2.24) is 20.9 Å². The van der Waals surface area contributed by atoms with Crippen LogP contribution in [0.25, 0.3) is 0 Å². The Hall–Kier alpha value is -4.06. The first kappa shape index (κ1) is 38.4. The third kappa shape index (κ3) is 11.6. The maximum atomic E-state index is 14.1. The maximum absolute atomic E-state index is 14.1. The molecular formula is C36H50N4O7S. The topological polar surface area (TPSA) is 143 Å². The van der Waals surface area contributed by atoms with Crippen molar-refractivity contribution in [1.29, 1.82) is 0 Å². The van der Waals surface area contributed by atoms with Gasteiger partial charge in [0.25, 0.3) is 0 Å². The summed E-state index contributed by atoms with van der Waals surface area (Å²) >= 11 is 4.41. The molecule has 3 rings (SSSR count). The van der Waals surface area contributed by atoms with E-state index in [0.29, 0.717) is 12.8 Å². The first-order chi connectivity index (χ1) is 22.5. The van der Waals surface area contributed by atoms with Crippen molar-refractivity contribution in [3.63, 3.8) is 0 Å². The molecule has 1 fully saturated rings. The summed E-state index contributed by atoms with van der Waals surface area (Å²) in [6, 6.07) is 15.4. The smallest absolute Gasteiger partial charge is 0.408 e. The highest BCUT2D eigenvalue weighted by molar-refractivity contribution is 7.80. The molecule has 4 amide bonds. The van der Waals surface area contributed by atoms with E-state index in [2.05, 4.69) is 28.6 Å². The Bertz CT molecular complexity index is 1420. The molecule has 0 saturated heterocycles. The number of rotatable bonds is 14. The number of nitrogens with zero attached hydrogens (tertiary/aromatic N) is 1. The summed E-state index contributed by atoms with van der Waals surface area (Å²) in [4.78, 5) is 68.8. The van der Waals surface area contributed by atoms with Gasteiger partial charge in [-0.1, -0.05) is 60.7 Å². The number of likely N-dealkylation sites (N-methyl/N-ethyl adjacent to an activating group) is 1. The first-order valence-electron chi connectivity index (χ1n) is 16.3. The van der Waals surface area contributed by atoms with Crippen LogP contribution in [0.15, 0.2) is 60.7 Å². The Morgan fingerprint density at radius 3 is 1.71 bits per heavy atom. The summed E-state index contributed by atoms with van der Waals surface area (Å²) < 4.78 is 11.0. The second-order valence-electron chi connectivity index (χ2n) is 14.0. The van der Waals surface area contributed by atoms with E-state index in [1.165, 1.54) is 4.90 Å². The van der Waals surface area contributed by atoms with Crippen molar-refractivity contribution in [3.8, 4) is 0 Å². The Morgan fingerprint density at radius 2 is 1.27 bits per heavy atom. The lowest BCUT2D eigenvalue weighted by Gasteiger charge is -2.34. The molecule has 3 atom stereocenters. The van der Waals surface area contributed by atoms with Crippen LogP contribution in [0.1, 0.15) is 72.4 Å². The van der Waals surface area contributed by atoms with Crippen LogP contribution in [0.3, 0.4) is 0 Å². The SMILES string of the molecule is CCN(C(=O)C1(NC(=O)[C@H](Cc2ccccc2)NC(=O)OC(C)(C)C)CC1)[C@@H](CS)C(=O)N[C@@H](Cc1ccccc1)C(=O)OC(C)(C)C. The van der Waals surface area contributed by atoms with E-state index < -0.39 is 64.7 Å². The van der Waals surface area contributed by atoms with Crippen LogP contribution in [0.4, 0.5) is 4.79 Å². The average molecular weight is 683 g/mol. The van der Waals surface area contributed by atoms with E-state index in [4.69, 9.17) is 9.47 Å². The molecule has 1 aliphatic rings. The zero-order valence-electron chi connectivity index (χ0n) is 29.0. The Kier molecular flexibility index (Phi) is 13.1. The highest BCUT2D eigenvalue weighted by atomic mass is 32.1. The molecule has 0 spiro atoms. The average Bonchev–Trinajstić information content (AvgIpc) is 3.78. The van der Waals surface area contributed by atoms with Crippen molar-refractivity contribution in [3.05, 3.63) is 71.8 Å². The van der Waals surface area contributed by atoms with Gasteiger partial charge in [0.15, 0.2) is 0 Å². The lowest BCUT2D eigenvalue weighted by atomic mass is 10.0. The van der Waals surface area contributed by atoms with E-state index >= 15 is 0 Å². The summed E-state index contributed by atoms with van der Waals surface area (Å²) in [7, 11) is 0. The highest BCUT2D eigenvalue weighted by Crippen LogP contribution is 2.38. The molecule has 0 heterocycles. The fourth-order valence-corrected chi connectivity index (χ4v) is 5.50. The molecule has 11 nitrogen and oxygen atoms in total. The second-order valence-corrected chi connectivity index (χ2v) is 14.4. The molecule has 3 N–H and O–H groups in total. The second kappa shape index (κ2) is 16.4. The maximum Gasteiger partial charge on any atom is 0.408 e. The van der Waals surface area contributed by atoms with E-state index in [0.717, 1.165) is 11.1 Å². The molecule has 12 heteroatoms. The van der Waals surface area contributed by atoms with Gasteiger partial charge in [0.2, 0.25) is 17.7 Å². The van der Waals surface area contributed by atoms with Crippen LogP contribution >= 0.6 is 12.6 Å². The van der Waals surface area contributed by atoms with E-state index in [9.17, 15) is 24.0 Å². The van der Waals surface area contributed by atoms with Crippen LogP contribution in [-0.2, 0) is 41.5 Å². The van der Waals surface area contributed by atoms with Crippen molar-refractivity contribution >= 4 is 42.4 Å². The van der Waals surface area contributed by atoms with Crippen molar-refractivity contribution in [2.24, 2.45) is 0 Å². The van der Waals surface area contributed by atoms with Gasteiger partial charge in [0.05, 0.1) is 0 Å². The molecule has 0 bridgehead atoms. The summed E-state index contributed by atoms with van der Waals surface area (Å²) in [5, 5.41) is 8.33. The predicted molar refractivity (Wildman–Crippen MR) is 186 cm³/mol. The standard InChI is InChI=1S/C36H50N4O7S/c1-8-40(28(23-48)30(42)37-27(31(43)46-34(2,3)4)22-25-17-13-10-14-18-25)32(44)36(19-20-36)39-29(41)26(21-24-15-11-9-12-16-24)38-33(45)47-35(5,6)7/h9-18,26-28,48H,8,19-23H2,1-7H3,(H,37,42)(H,38,45)(H,39,41)/t26-,27-,28-/m0/s1. The van der Waals surface area contributed by atoms with Gasteiger partial charge in [0, 0.05) is 25.1 Å². The molecule has 1 saturated carbocycles. The van der Waals surface area contributed by atoms with Gasteiger partial charge in [-0.15, -0.1) is 0 Å². The number of amides is 4. The molecular weight excluding hydrogens is 632 g/mol. The summed E-state index contributed by atoms with van der Waals surface area (Å²) in [5.41, 5.74) is -1.18. The molecule has 0 aliphatic heterocycles. The number of thiol groups is 1. The van der Waals surface area contributed by atoms with Crippen LogP contribution in [-0.4, -0.2) is 81.8 Å². The zero-order chi connectivity index (χ0) is 35.7. The number of benzene rings is 2. The normalized spacial score (nSPS) is 15.6. The molecule has 48 heavy (non-hydrogen) atoms. The summed E-state index contributed by atoms with van der Waals surface area (Å²) in [6.45, 7) is 12.3. The third-order valence-corrected chi connectivity index (χ3v) is 7.90. The van der Waals surface area contributed by atoms with Crippen LogP contribution in [0.5, 0.6) is 0 Å². The molecule has 0 aromatic heterocycles. The lowest BCUT2D eigenvalue weighted by Crippen LogP contribution is -2.61. The fourth-order valence-electron chi connectivity index (χ4n) is 5.14. The van der Waals surface area contributed by atoms with Crippen molar-refractivity contribution in [2.45, 2.75) is 109 Å². The Labute approximate surface area is 289 Å². The van der Waals surface area contributed by atoms with Crippen molar-refractivity contribution < 1.29 is 33.4 Å². The quantitative estimate of drug-likeness (QED) is 0.174. The highest BCUT2D eigenvalue weighted by Gasteiger charge is 2.55. The number of carbonyl (C=O) groups excluding carboxylic acids is 5. The van der Waals surface area contributed by atoms with Crippen LogP contribution in [0.2, 0.25) is 0 Å². The molecule has 0 radical (unpaired) electrons. The van der Waals surface area contributed by atoms with Gasteiger partial charge in [-0.05, 0) is 72.4 Å². The largest absolute Gasteiger partial charge is 0.458 e. The van der Waals surface area contributed by atoms with Gasteiger partial charge >= 0.3 is 12.1 Å².